The van der Waals surface area contributed by atoms with E-state index in [1.807, 2.05) is 4.90 Å². The normalized spacial score (nSPS) is 35.9. The van der Waals surface area contributed by atoms with Crippen molar-refractivity contribution in [2.75, 3.05) is 19.6 Å². The molecule has 3 heterocycles. The molecule has 0 amide bonds. The number of piperidine rings is 3. The van der Waals surface area contributed by atoms with E-state index in [-0.39, 0.29) is 0 Å². The van der Waals surface area contributed by atoms with Gasteiger partial charge in [-0.25, -0.2) is 0 Å². The van der Waals surface area contributed by atoms with Gasteiger partial charge < -0.3 is 4.90 Å². The van der Waals surface area contributed by atoms with Crippen LogP contribution in [0.5, 0.6) is 0 Å². The van der Waals surface area contributed by atoms with Crippen LogP contribution in [0.2, 0.25) is 0 Å². The van der Waals surface area contributed by atoms with Crippen molar-refractivity contribution in [2.24, 2.45) is 5.92 Å². The highest BCUT2D eigenvalue weighted by atomic mass is 15.1. The fraction of sp³-hybridized carbons (Fsp3) is 0.538. The summed E-state index contributed by atoms with van der Waals surface area (Å²) in [5, 5.41) is 0. The fourth-order valence-electron chi connectivity index (χ4n) is 3.22. The maximum absolute atomic E-state index is 2.31. The van der Waals surface area contributed by atoms with Crippen molar-refractivity contribution in [1.29, 1.82) is 0 Å². The van der Waals surface area contributed by atoms with Gasteiger partial charge in [-0.05, 0) is 11.5 Å². The van der Waals surface area contributed by atoms with Crippen LogP contribution >= 0.6 is 0 Å². The molecule has 14 heavy (non-hydrogen) atoms. The van der Waals surface area contributed by atoms with Crippen LogP contribution in [0.4, 0.5) is 0 Å². The molecule has 0 unspecified atom stereocenters. The first-order chi connectivity index (χ1) is 6.93. The Bertz CT molecular complexity index is 298. The number of benzene rings is 1. The van der Waals surface area contributed by atoms with Crippen molar-refractivity contribution in [3.63, 3.8) is 0 Å². The van der Waals surface area contributed by atoms with Crippen LogP contribution < -0.4 is 4.90 Å². The Labute approximate surface area is 85.7 Å². The minimum atomic E-state index is 0.855. The van der Waals surface area contributed by atoms with E-state index in [2.05, 4.69) is 30.3 Å². The van der Waals surface area contributed by atoms with Crippen LogP contribution in [-0.4, -0.2) is 19.6 Å². The summed E-state index contributed by atoms with van der Waals surface area (Å²) in [6.45, 7) is 4.23. The highest BCUT2D eigenvalue weighted by Crippen LogP contribution is 2.32. The highest BCUT2D eigenvalue weighted by molar-refractivity contribution is 5.21. The fourth-order valence-corrected chi connectivity index (χ4v) is 3.22. The maximum atomic E-state index is 2.31. The standard InChI is InChI=1S/C13H17N/c1-2-4-11(5-3-1)13-10-14-8-6-12(13)7-9-14/h1-5,12-13H,6-10H2/p+1/t13-/m0/s1. The Morgan fingerprint density at radius 2 is 1.71 bits per heavy atom. The van der Waals surface area contributed by atoms with Gasteiger partial charge >= 0.3 is 0 Å². The summed E-state index contributed by atoms with van der Waals surface area (Å²) in [6, 6.07) is 11.1. The summed E-state index contributed by atoms with van der Waals surface area (Å²) in [5.41, 5.74) is 1.58. The van der Waals surface area contributed by atoms with Crippen LogP contribution in [0.3, 0.4) is 0 Å². The molecule has 0 spiro atoms. The molecular formula is C13H18N+. The Morgan fingerprint density at radius 3 is 2.29 bits per heavy atom. The van der Waals surface area contributed by atoms with Crippen LogP contribution in [0, 0.1) is 5.92 Å². The van der Waals surface area contributed by atoms with Gasteiger partial charge in [0.2, 0.25) is 0 Å². The second kappa shape index (κ2) is 3.39. The van der Waals surface area contributed by atoms with E-state index < -0.39 is 0 Å². The van der Waals surface area contributed by atoms with Gasteiger partial charge in [0.1, 0.15) is 0 Å². The molecule has 0 saturated carbocycles. The Kier molecular flexibility index (Phi) is 2.06. The molecule has 0 radical (unpaired) electrons. The largest absolute Gasteiger partial charge is 0.334 e. The van der Waals surface area contributed by atoms with Crippen LogP contribution in [0.15, 0.2) is 30.3 Å². The van der Waals surface area contributed by atoms with Crippen molar-refractivity contribution in [2.45, 2.75) is 18.8 Å². The summed E-state index contributed by atoms with van der Waals surface area (Å²) in [4.78, 5) is 1.83. The molecule has 1 heteroatoms. The summed E-state index contributed by atoms with van der Waals surface area (Å²) >= 11 is 0. The third-order valence-corrected chi connectivity index (χ3v) is 4.04. The lowest BCUT2D eigenvalue weighted by molar-refractivity contribution is -0.918. The first kappa shape index (κ1) is 8.49. The van der Waals surface area contributed by atoms with Crippen LogP contribution in [-0.2, 0) is 0 Å². The third kappa shape index (κ3) is 1.36. The zero-order chi connectivity index (χ0) is 9.38. The molecule has 4 rings (SSSR count). The number of nitrogens with one attached hydrogen (secondary N) is 1. The van der Waals surface area contributed by atoms with Gasteiger partial charge in [-0.15, -0.1) is 0 Å². The summed E-state index contributed by atoms with van der Waals surface area (Å²) in [6.07, 6.45) is 2.91. The van der Waals surface area contributed by atoms with Gasteiger partial charge in [0, 0.05) is 18.8 Å². The molecule has 3 saturated heterocycles. The van der Waals surface area contributed by atoms with E-state index in [4.69, 9.17) is 0 Å². The third-order valence-electron chi connectivity index (χ3n) is 4.04. The average Bonchev–Trinajstić information content (AvgIpc) is 2.32. The van der Waals surface area contributed by atoms with Crippen molar-refractivity contribution in [3.8, 4) is 0 Å². The van der Waals surface area contributed by atoms with Crippen molar-refractivity contribution in [1.82, 2.24) is 0 Å². The summed E-state index contributed by atoms with van der Waals surface area (Å²) in [7, 11) is 0. The van der Waals surface area contributed by atoms with E-state index in [1.54, 1.807) is 5.56 Å². The second-order valence-corrected chi connectivity index (χ2v) is 4.81. The molecule has 1 aromatic rings. The minimum Gasteiger partial charge on any atom is -0.334 e. The van der Waals surface area contributed by atoms with E-state index >= 15 is 0 Å². The number of hydrogen-bond donors (Lipinski definition) is 1. The second-order valence-electron chi connectivity index (χ2n) is 4.81. The Balaban J connectivity index is 1.86. The lowest BCUT2D eigenvalue weighted by Crippen LogP contribution is -3.15. The molecule has 2 bridgehead atoms. The predicted octanol–water partition coefficient (Wildman–Crippen LogP) is 1.08. The van der Waals surface area contributed by atoms with Gasteiger partial charge in [0.15, 0.2) is 0 Å². The number of fused-ring (bicyclic) bond motifs is 3. The van der Waals surface area contributed by atoms with Crippen molar-refractivity contribution < 1.29 is 4.90 Å². The molecule has 0 aromatic heterocycles. The smallest absolute Gasteiger partial charge is 0.0843 e. The highest BCUT2D eigenvalue weighted by Gasteiger charge is 2.37. The molecule has 1 aromatic carbocycles. The minimum absolute atomic E-state index is 0.855. The summed E-state index contributed by atoms with van der Waals surface area (Å²) < 4.78 is 0. The quantitative estimate of drug-likeness (QED) is 0.672. The van der Waals surface area contributed by atoms with E-state index in [0.29, 0.717) is 0 Å². The monoisotopic (exact) mass is 188 g/mol. The zero-order valence-electron chi connectivity index (χ0n) is 8.58. The van der Waals surface area contributed by atoms with Crippen molar-refractivity contribution >= 4 is 0 Å². The van der Waals surface area contributed by atoms with Gasteiger partial charge in [-0.1, -0.05) is 30.3 Å². The number of rotatable bonds is 1. The number of quaternary nitrogens is 1. The van der Waals surface area contributed by atoms with Gasteiger partial charge in [-0.2, -0.15) is 0 Å². The number of hydrogen-bond acceptors (Lipinski definition) is 0. The molecule has 0 aliphatic carbocycles. The van der Waals surface area contributed by atoms with E-state index in [0.717, 1.165) is 11.8 Å². The molecule has 3 aliphatic heterocycles. The molecule has 3 aliphatic rings. The lowest BCUT2D eigenvalue weighted by atomic mass is 9.75. The van der Waals surface area contributed by atoms with E-state index in [1.165, 1.54) is 32.5 Å². The summed E-state index contributed by atoms with van der Waals surface area (Å²) in [5.74, 6) is 1.84. The molecule has 3 fully saturated rings. The van der Waals surface area contributed by atoms with Crippen LogP contribution in [0.1, 0.15) is 24.3 Å². The van der Waals surface area contributed by atoms with Crippen LogP contribution in [0.25, 0.3) is 0 Å². The molecule has 1 nitrogen and oxygen atoms in total. The van der Waals surface area contributed by atoms with Gasteiger partial charge in [0.25, 0.3) is 0 Å². The topological polar surface area (TPSA) is 4.44 Å². The predicted molar refractivity (Wildman–Crippen MR) is 57.5 cm³/mol. The van der Waals surface area contributed by atoms with Gasteiger partial charge in [0.05, 0.1) is 19.6 Å². The molecule has 74 valence electrons. The first-order valence-corrected chi connectivity index (χ1v) is 5.82. The Morgan fingerprint density at radius 1 is 1.00 bits per heavy atom. The first-order valence-electron chi connectivity index (χ1n) is 5.82. The van der Waals surface area contributed by atoms with E-state index in [9.17, 15) is 0 Å². The SMILES string of the molecule is c1ccc([C@@H]2C[NH+]3CCC2CC3)cc1. The average molecular weight is 188 g/mol. The molecular weight excluding hydrogens is 170 g/mol. The zero-order valence-corrected chi connectivity index (χ0v) is 8.58. The Hall–Kier alpha value is -0.820. The van der Waals surface area contributed by atoms with Crippen molar-refractivity contribution in [3.05, 3.63) is 35.9 Å². The van der Waals surface area contributed by atoms with Gasteiger partial charge in [-0.3, -0.25) is 0 Å². The molecule has 1 N–H and O–H groups in total. The molecule has 1 atom stereocenters. The maximum Gasteiger partial charge on any atom is 0.0843 e. The lowest BCUT2D eigenvalue weighted by Gasteiger charge is -2.42.